The Morgan fingerprint density at radius 3 is 1.93 bits per heavy atom. The van der Waals surface area contributed by atoms with Gasteiger partial charge in [0.1, 0.15) is 5.82 Å². The predicted octanol–water partition coefficient (Wildman–Crippen LogP) is 7.56. The van der Waals surface area contributed by atoms with Gasteiger partial charge in [0.15, 0.2) is 11.6 Å². The van der Waals surface area contributed by atoms with E-state index in [-0.39, 0.29) is 11.0 Å². The molecule has 3 aromatic carbocycles. The van der Waals surface area contributed by atoms with Crippen molar-refractivity contribution < 1.29 is 13.5 Å². The largest absolute Gasteiger partial charge is 0.490 e. The van der Waals surface area contributed by atoms with E-state index in [1.165, 1.54) is 12.1 Å². The third-order valence-electron chi connectivity index (χ3n) is 4.07. The van der Waals surface area contributed by atoms with Crippen molar-refractivity contribution >= 4 is 35.0 Å². The Balaban J connectivity index is 1.60. The zero-order chi connectivity index (χ0) is 19.9. The molecular weight excluding hydrogens is 421 g/mol. The average molecular weight is 439 g/mol. The molecule has 0 fully saturated rings. The molecule has 6 heteroatoms. The molecule has 28 heavy (non-hydrogen) atoms. The van der Waals surface area contributed by atoms with Gasteiger partial charge in [-0.1, -0.05) is 47.5 Å². The summed E-state index contributed by atoms with van der Waals surface area (Å²) in [6, 6.07) is 18.9. The third kappa shape index (κ3) is 5.87. The Kier molecular flexibility index (Phi) is 7.60. The second-order valence-corrected chi connectivity index (χ2v) is 8.22. The van der Waals surface area contributed by atoms with E-state index in [0.29, 0.717) is 16.7 Å². The lowest BCUT2D eigenvalue weighted by molar-refractivity contribution is 0.301. The lowest BCUT2D eigenvalue weighted by Crippen LogP contribution is -2.03. The van der Waals surface area contributed by atoms with Crippen molar-refractivity contribution in [1.29, 1.82) is 0 Å². The lowest BCUT2D eigenvalue weighted by Gasteiger charge is -2.18. The summed E-state index contributed by atoms with van der Waals surface area (Å²) >= 11 is 13.8. The first-order chi connectivity index (χ1) is 13.5. The van der Waals surface area contributed by atoms with Crippen LogP contribution in [0.4, 0.5) is 8.78 Å². The molecule has 0 amide bonds. The molecule has 0 bridgehead atoms. The van der Waals surface area contributed by atoms with Crippen LogP contribution in [0.15, 0.2) is 66.7 Å². The van der Waals surface area contributed by atoms with E-state index in [1.807, 2.05) is 48.5 Å². The van der Waals surface area contributed by atoms with Gasteiger partial charge in [-0.05, 0) is 59.7 Å². The number of hydrogen-bond acceptors (Lipinski definition) is 2. The van der Waals surface area contributed by atoms with Gasteiger partial charge in [0, 0.05) is 16.1 Å². The third-order valence-corrected chi connectivity index (χ3v) is 5.98. The average Bonchev–Trinajstić information content (AvgIpc) is 2.68. The minimum absolute atomic E-state index is 0.0679. The van der Waals surface area contributed by atoms with Gasteiger partial charge in [-0.3, -0.25) is 0 Å². The van der Waals surface area contributed by atoms with Crippen molar-refractivity contribution in [3.8, 4) is 5.75 Å². The molecule has 3 aromatic rings. The molecule has 0 N–H and O–H groups in total. The Hall–Kier alpha value is -1.75. The van der Waals surface area contributed by atoms with Crippen LogP contribution in [0.5, 0.6) is 5.75 Å². The molecule has 0 radical (unpaired) electrons. The van der Waals surface area contributed by atoms with Gasteiger partial charge >= 0.3 is 0 Å². The highest BCUT2D eigenvalue weighted by Crippen LogP contribution is 2.37. The fraction of sp³-hybridized carbons (Fsp3) is 0.182. The number of hydrogen-bond donors (Lipinski definition) is 0. The van der Waals surface area contributed by atoms with Gasteiger partial charge in [-0.25, -0.2) is 8.78 Å². The van der Waals surface area contributed by atoms with Crippen molar-refractivity contribution in [3.63, 3.8) is 0 Å². The van der Waals surface area contributed by atoms with Crippen LogP contribution in [0, 0.1) is 11.6 Å². The standard InChI is InChI=1S/C22H18Cl2F2OS/c23-17-6-2-15(3-7-17)22(16-4-8-18(24)9-5-16)28-13-1-12-27-21-11-10-19(25)14-20(21)26/h2-11,14,22H,1,12-13H2. The summed E-state index contributed by atoms with van der Waals surface area (Å²) in [5, 5.41) is 1.51. The maximum absolute atomic E-state index is 13.6. The summed E-state index contributed by atoms with van der Waals surface area (Å²) in [5.74, 6) is -0.431. The van der Waals surface area contributed by atoms with Crippen molar-refractivity contribution in [2.24, 2.45) is 0 Å². The number of thioether (sulfide) groups is 1. The lowest BCUT2D eigenvalue weighted by atomic mass is 10.0. The Morgan fingerprint density at radius 2 is 1.39 bits per heavy atom. The highest BCUT2D eigenvalue weighted by Gasteiger charge is 2.15. The Labute approximate surface area is 177 Å². The summed E-state index contributed by atoms with van der Waals surface area (Å²) < 4.78 is 32.0. The second kappa shape index (κ2) is 10.1. The fourth-order valence-electron chi connectivity index (χ4n) is 2.69. The molecule has 0 aromatic heterocycles. The minimum atomic E-state index is -0.687. The predicted molar refractivity (Wildman–Crippen MR) is 114 cm³/mol. The van der Waals surface area contributed by atoms with Crippen LogP contribution < -0.4 is 4.74 Å². The molecule has 3 rings (SSSR count). The van der Waals surface area contributed by atoms with Gasteiger partial charge in [0.05, 0.1) is 11.9 Å². The molecular formula is C22H18Cl2F2OS. The van der Waals surface area contributed by atoms with Crippen LogP contribution in [0.2, 0.25) is 10.0 Å². The van der Waals surface area contributed by atoms with Gasteiger partial charge in [0.2, 0.25) is 0 Å². The van der Waals surface area contributed by atoms with E-state index in [1.54, 1.807) is 11.8 Å². The van der Waals surface area contributed by atoms with E-state index >= 15 is 0 Å². The van der Waals surface area contributed by atoms with Crippen LogP contribution in [0.25, 0.3) is 0 Å². The van der Waals surface area contributed by atoms with E-state index < -0.39 is 11.6 Å². The van der Waals surface area contributed by atoms with Crippen LogP contribution in [-0.4, -0.2) is 12.4 Å². The number of benzene rings is 3. The molecule has 0 spiro atoms. The van der Waals surface area contributed by atoms with Crippen molar-refractivity contribution in [2.45, 2.75) is 11.7 Å². The SMILES string of the molecule is Fc1ccc(OCCCSC(c2ccc(Cl)cc2)c2ccc(Cl)cc2)c(F)c1. The van der Waals surface area contributed by atoms with Gasteiger partial charge < -0.3 is 4.74 Å². The maximum atomic E-state index is 13.6. The summed E-state index contributed by atoms with van der Waals surface area (Å²) in [6.45, 7) is 0.351. The summed E-state index contributed by atoms with van der Waals surface area (Å²) in [6.07, 6.45) is 0.721. The fourth-order valence-corrected chi connectivity index (χ4v) is 4.17. The second-order valence-electron chi connectivity index (χ2n) is 6.13. The highest BCUT2D eigenvalue weighted by molar-refractivity contribution is 7.99. The molecule has 1 nitrogen and oxygen atoms in total. The Bertz CT molecular complexity index is 856. The normalized spacial score (nSPS) is 11.0. The molecule has 0 saturated heterocycles. The van der Waals surface area contributed by atoms with Gasteiger partial charge in [-0.2, -0.15) is 0 Å². The zero-order valence-electron chi connectivity index (χ0n) is 14.9. The summed E-state index contributed by atoms with van der Waals surface area (Å²) in [7, 11) is 0. The molecule has 0 aliphatic heterocycles. The number of ether oxygens (including phenoxy) is 1. The smallest absolute Gasteiger partial charge is 0.167 e. The monoisotopic (exact) mass is 438 g/mol. The molecule has 0 saturated carbocycles. The first kappa shape index (κ1) is 21.0. The van der Waals surface area contributed by atoms with E-state index in [9.17, 15) is 8.78 Å². The highest BCUT2D eigenvalue weighted by atomic mass is 35.5. The molecule has 0 aliphatic carbocycles. The van der Waals surface area contributed by atoms with Crippen molar-refractivity contribution in [3.05, 3.63) is 99.5 Å². The summed E-state index contributed by atoms with van der Waals surface area (Å²) in [4.78, 5) is 0. The zero-order valence-corrected chi connectivity index (χ0v) is 17.2. The summed E-state index contributed by atoms with van der Waals surface area (Å²) in [5.41, 5.74) is 2.28. The molecule has 0 heterocycles. The van der Waals surface area contributed by atoms with E-state index in [0.717, 1.165) is 29.4 Å². The molecule has 0 atom stereocenters. The quantitative estimate of drug-likeness (QED) is 0.335. The van der Waals surface area contributed by atoms with Crippen molar-refractivity contribution in [2.75, 3.05) is 12.4 Å². The van der Waals surface area contributed by atoms with Crippen LogP contribution >= 0.6 is 35.0 Å². The van der Waals surface area contributed by atoms with Gasteiger partial charge in [0.25, 0.3) is 0 Å². The van der Waals surface area contributed by atoms with Crippen LogP contribution in [0.3, 0.4) is 0 Å². The number of rotatable bonds is 8. The maximum Gasteiger partial charge on any atom is 0.167 e. The van der Waals surface area contributed by atoms with Gasteiger partial charge in [-0.15, -0.1) is 11.8 Å². The first-order valence-electron chi connectivity index (χ1n) is 8.73. The van der Waals surface area contributed by atoms with Crippen LogP contribution in [0.1, 0.15) is 22.8 Å². The molecule has 146 valence electrons. The molecule has 0 unspecified atom stereocenters. The Morgan fingerprint density at radius 1 is 0.821 bits per heavy atom. The van der Waals surface area contributed by atoms with E-state index in [4.69, 9.17) is 27.9 Å². The topological polar surface area (TPSA) is 9.23 Å². The number of halogens is 4. The minimum Gasteiger partial charge on any atom is -0.490 e. The van der Waals surface area contributed by atoms with E-state index in [2.05, 4.69) is 0 Å². The first-order valence-corrected chi connectivity index (χ1v) is 10.5. The van der Waals surface area contributed by atoms with Crippen LogP contribution in [-0.2, 0) is 0 Å². The van der Waals surface area contributed by atoms with Crippen molar-refractivity contribution in [1.82, 2.24) is 0 Å². The molecule has 0 aliphatic rings.